The Balaban J connectivity index is 1.86. The van der Waals surface area contributed by atoms with Crippen molar-refractivity contribution >= 4 is 33.3 Å². The summed E-state index contributed by atoms with van der Waals surface area (Å²) in [5.41, 5.74) is 3.21. The van der Waals surface area contributed by atoms with Gasteiger partial charge >= 0.3 is 6.03 Å². The number of anilines is 2. The summed E-state index contributed by atoms with van der Waals surface area (Å²) in [5, 5.41) is 5.77. The van der Waals surface area contributed by atoms with E-state index >= 15 is 0 Å². The van der Waals surface area contributed by atoms with Crippen molar-refractivity contribution in [2.75, 3.05) is 29.9 Å². The van der Waals surface area contributed by atoms with Crippen LogP contribution in [0.2, 0.25) is 0 Å². The Hall–Kier alpha value is -2.01. The number of hydrogen-bond acceptors (Lipinski definition) is 2. The van der Waals surface area contributed by atoms with E-state index in [1.807, 2.05) is 24.3 Å². The summed E-state index contributed by atoms with van der Waals surface area (Å²) in [6, 6.07) is 15.8. The minimum atomic E-state index is -0.192. The molecular formula is C19H24BrN3O. The van der Waals surface area contributed by atoms with Crippen LogP contribution in [0.15, 0.2) is 53.0 Å². The molecule has 0 saturated heterocycles. The molecule has 0 aliphatic heterocycles. The van der Waals surface area contributed by atoms with Gasteiger partial charge in [0.2, 0.25) is 0 Å². The summed E-state index contributed by atoms with van der Waals surface area (Å²) in [5.74, 6) is 0. The van der Waals surface area contributed by atoms with Crippen LogP contribution in [0.4, 0.5) is 16.2 Å². The zero-order valence-corrected chi connectivity index (χ0v) is 15.8. The maximum Gasteiger partial charge on any atom is 0.319 e. The number of benzene rings is 2. The predicted octanol–water partition coefficient (Wildman–Crippen LogP) is 4.80. The van der Waals surface area contributed by atoms with Gasteiger partial charge in [-0.15, -0.1) is 0 Å². The summed E-state index contributed by atoms with van der Waals surface area (Å²) in [6.45, 7) is 6.59. The van der Waals surface area contributed by atoms with Crippen molar-refractivity contribution in [3.05, 3.63) is 58.6 Å². The largest absolute Gasteiger partial charge is 0.370 e. The highest BCUT2D eigenvalue weighted by molar-refractivity contribution is 9.10. The second kappa shape index (κ2) is 9.33. The van der Waals surface area contributed by atoms with Crippen molar-refractivity contribution in [3.8, 4) is 0 Å². The lowest BCUT2D eigenvalue weighted by Crippen LogP contribution is -2.37. The molecule has 0 radical (unpaired) electrons. The number of aryl methyl sites for hydroxylation is 1. The molecule has 0 aliphatic carbocycles. The highest BCUT2D eigenvalue weighted by Crippen LogP contribution is 2.21. The van der Waals surface area contributed by atoms with Crippen LogP contribution in [0.3, 0.4) is 0 Å². The van der Waals surface area contributed by atoms with Crippen molar-refractivity contribution < 1.29 is 4.79 Å². The van der Waals surface area contributed by atoms with Crippen molar-refractivity contribution in [1.82, 2.24) is 5.32 Å². The molecule has 5 heteroatoms. The smallest absolute Gasteiger partial charge is 0.319 e. The minimum Gasteiger partial charge on any atom is -0.370 e. The van der Waals surface area contributed by atoms with Gasteiger partial charge in [0.15, 0.2) is 0 Å². The quantitative estimate of drug-likeness (QED) is 0.714. The molecule has 0 atom stereocenters. The third-order valence-electron chi connectivity index (χ3n) is 3.65. The molecule has 2 amide bonds. The number of nitrogens with zero attached hydrogens (tertiary/aromatic N) is 1. The second-order valence-electron chi connectivity index (χ2n) is 5.69. The summed E-state index contributed by atoms with van der Waals surface area (Å²) < 4.78 is 0.868. The van der Waals surface area contributed by atoms with Gasteiger partial charge < -0.3 is 15.5 Å². The van der Waals surface area contributed by atoms with Crippen LogP contribution in [-0.4, -0.2) is 25.7 Å². The second-order valence-corrected chi connectivity index (χ2v) is 6.54. The van der Waals surface area contributed by atoms with Crippen molar-refractivity contribution in [1.29, 1.82) is 0 Å². The van der Waals surface area contributed by atoms with E-state index in [4.69, 9.17) is 0 Å². The van der Waals surface area contributed by atoms with Crippen LogP contribution in [0.5, 0.6) is 0 Å². The number of carbonyl (C=O) groups is 1. The lowest BCUT2D eigenvalue weighted by Gasteiger charge is -2.25. The lowest BCUT2D eigenvalue weighted by atomic mass is 10.2. The molecule has 24 heavy (non-hydrogen) atoms. The average molecular weight is 390 g/mol. The van der Waals surface area contributed by atoms with Gasteiger partial charge in [0.1, 0.15) is 0 Å². The first-order chi connectivity index (χ1) is 11.6. The first-order valence-corrected chi connectivity index (χ1v) is 9.00. The molecule has 128 valence electrons. The van der Waals surface area contributed by atoms with Crippen LogP contribution in [0, 0.1) is 6.92 Å². The summed E-state index contributed by atoms with van der Waals surface area (Å²) >= 11 is 3.42. The maximum atomic E-state index is 12.0. The third-order valence-corrected chi connectivity index (χ3v) is 4.34. The zero-order chi connectivity index (χ0) is 17.4. The molecule has 0 aromatic heterocycles. The fourth-order valence-corrected chi connectivity index (χ4v) is 2.88. The Morgan fingerprint density at radius 1 is 1.12 bits per heavy atom. The Kier molecular flexibility index (Phi) is 7.12. The Labute approximate surface area is 152 Å². The molecule has 2 rings (SSSR count). The van der Waals surface area contributed by atoms with E-state index in [1.165, 1.54) is 11.3 Å². The Morgan fingerprint density at radius 3 is 2.62 bits per heavy atom. The van der Waals surface area contributed by atoms with Gasteiger partial charge in [-0.05, 0) is 59.1 Å². The summed E-state index contributed by atoms with van der Waals surface area (Å²) in [7, 11) is 0. The van der Waals surface area contributed by atoms with E-state index in [2.05, 4.69) is 69.6 Å². The number of nitrogens with one attached hydrogen (secondary N) is 2. The van der Waals surface area contributed by atoms with Crippen LogP contribution in [0.1, 0.15) is 18.9 Å². The van der Waals surface area contributed by atoms with Crippen LogP contribution in [-0.2, 0) is 0 Å². The van der Waals surface area contributed by atoms with Gasteiger partial charge in [0, 0.05) is 29.8 Å². The predicted molar refractivity (Wildman–Crippen MR) is 105 cm³/mol. The highest BCUT2D eigenvalue weighted by atomic mass is 79.9. The van der Waals surface area contributed by atoms with Gasteiger partial charge in [-0.1, -0.05) is 31.2 Å². The van der Waals surface area contributed by atoms with Crippen LogP contribution >= 0.6 is 15.9 Å². The van der Waals surface area contributed by atoms with E-state index in [9.17, 15) is 4.79 Å². The molecule has 2 aromatic carbocycles. The van der Waals surface area contributed by atoms with Gasteiger partial charge in [-0.2, -0.15) is 0 Å². The zero-order valence-electron chi connectivity index (χ0n) is 14.2. The molecule has 0 heterocycles. The Morgan fingerprint density at radius 2 is 1.92 bits per heavy atom. The van der Waals surface area contributed by atoms with Crippen LogP contribution in [0.25, 0.3) is 0 Å². The number of rotatable bonds is 7. The number of urea groups is 1. The average Bonchev–Trinajstić information content (AvgIpc) is 2.56. The molecule has 0 unspecified atom stereocenters. The van der Waals surface area contributed by atoms with Gasteiger partial charge in [-0.25, -0.2) is 4.79 Å². The standard InChI is InChI=1S/C19H24BrN3O/c1-3-12-23(16-8-6-7-15(2)14-16)13-11-21-19(24)22-18-10-5-4-9-17(18)20/h4-10,14H,3,11-13H2,1-2H3,(H2,21,22,24). The molecule has 2 aromatic rings. The minimum absolute atomic E-state index is 0.192. The van der Waals surface area contributed by atoms with Crippen molar-refractivity contribution in [3.63, 3.8) is 0 Å². The van der Waals surface area contributed by atoms with Crippen molar-refractivity contribution in [2.45, 2.75) is 20.3 Å². The number of amides is 2. The van der Waals surface area contributed by atoms with E-state index < -0.39 is 0 Å². The molecule has 0 fully saturated rings. The number of hydrogen-bond donors (Lipinski definition) is 2. The fraction of sp³-hybridized carbons (Fsp3) is 0.316. The fourth-order valence-electron chi connectivity index (χ4n) is 2.50. The number of carbonyl (C=O) groups excluding carboxylic acids is 1. The molecule has 4 nitrogen and oxygen atoms in total. The maximum absolute atomic E-state index is 12.0. The molecular weight excluding hydrogens is 366 g/mol. The molecule has 0 bridgehead atoms. The normalized spacial score (nSPS) is 10.3. The molecule has 0 saturated carbocycles. The Bertz CT molecular complexity index is 675. The SMILES string of the molecule is CCCN(CCNC(=O)Nc1ccccc1Br)c1cccc(C)c1. The van der Waals surface area contributed by atoms with E-state index in [0.29, 0.717) is 6.54 Å². The highest BCUT2D eigenvalue weighted by Gasteiger charge is 2.08. The first-order valence-electron chi connectivity index (χ1n) is 8.21. The molecule has 0 spiro atoms. The monoisotopic (exact) mass is 389 g/mol. The number of para-hydroxylation sites is 1. The van der Waals surface area contributed by atoms with E-state index in [1.54, 1.807) is 0 Å². The summed E-state index contributed by atoms with van der Waals surface area (Å²) in [4.78, 5) is 14.3. The lowest BCUT2D eigenvalue weighted by molar-refractivity contribution is 0.252. The van der Waals surface area contributed by atoms with Crippen LogP contribution < -0.4 is 15.5 Å². The molecule has 2 N–H and O–H groups in total. The van der Waals surface area contributed by atoms with Gasteiger partial charge in [-0.3, -0.25) is 0 Å². The molecule has 0 aliphatic rings. The topological polar surface area (TPSA) is 44.4 Å². The van der Waals surface area contributed by atoms with Gasteiger partial charge in [0.25, 0.3) is 0 Å². The van der Waals surface area contributed by atoms with Crippen molar-refractivity contribution in [2.24, 2.45) is 0 Å². The van der Waals surface area contributed by atoms with E-state index in [-0.39, 0.29) is 6.03 Å². The van der Waals surface area contributed by atoms with Gasteiger partial charge in [0.05, 0.1) is 5.69 Å². The summed E-state index contributed by atoms with van der Waals surface area (Å²) in [6.07, 6.45) is 1.07. The third kappa shape index (κ3) is 5.57. The number of halogens is 1. The first kappa shape index (κ1) is 18.3. The van der Waals surface area contributed by atoms with E-state index in [0.717, 1.165) is 29.7 Å².